The van der Waals surface area contributed by atoms with Gasteiger partial charge < -0.3 is 35.8 Å². The van der Waals surface area contributed by atoms with Crippen molar-refractivity contribution in [3.05, 3.63) is 53.6 Å². The van der Waals surface area contributed by atoms with E-state index >= 15 is 0 Å². The number of amides is 5. The van der Waals surface area contributed by atoms with Crippen LogP contribution in [-0.4, -0.2) is 71.3 Å². The molecule has 6 N–H and O–H groups in total. The van der Waals surface area contributed by atoms with Crippen LogP contribution in [0.1, 0.15) is 10.4 Å². The highest BCUT2D eigenvalue weighted by Gasteiger charge is 2.23. The van der Waals surface area contributed by atoms with Crippen LogP contribution in [0.4, 0.5) is 35.0 Å². The van der Waals surface area contributed by atoms with Crippen LogP contribution >= 0.6 is 11.3 Å². The number of nitrogen functional groups attached to an aromatic ring is 1. The average molecular weight is 600 g/mol. The Balaban J connectivity index is 1.27. The number of urea groups is 2. The van der Waals surface area contributed by atoms with Crippen molar-refractivity contribution in [2.24, 2.45) is 0 Å². The standard InChI is InChI=1S/C25H23F2N9O5S/c1-40-13-4-2-3-12(9-13)21(37)31-17-10-14(15(26)11-16(17)27)20-33-22(41-35-20)18-19(28)32-24(42-18)34-23(38)29-5-7-36-8-6-30-25(36)39/h2-4,9-11H,5-8,28H2,1H3,(H,30,39)(H,31,37)(H2,29,32,34,38). The molecule has 0 aliphatic carbocycles. The molecule has 0 saturated carbocycles. The largest absolute Gasteiger partial charge is 0.497 e. The molecule has 5 amide bonds. The van der Waals surface area contributed by atoms with Crippen molar-refractivity contribution < 1.29 is 32.4 Å². The summed E-state index contributed by atoms with van der Waals surface area (Å²) in [5.74, 6) is -2.64. The number of rotatable bonds is 9. The maximum atomic E-state index is 14.7. The monoisotopic (exact) mass is 599 g/mol. The number of hydrogen-bond donors (Lipinski definition) is 5. The van der Waals surface area contributed by atoms with Crippen LogP contribution in [0, 0.1) is 11.6 Å². The van der Waals surface area contributed by atoms with Gasteiger partial charge in [0.2, 0.25) is 5.82 Å². The van der Waals surface area contributed by atoms with Crippen LogP contribution in [0.25, 0.3) is 22.2 Å². The number of hydrogen-bond acceptors (Lipinski definition) is 10. The van der Waals surface area contributed by atoms with Gasteiger partial charge in [-0.15, -0.1) is 0 Å². The second-order valence-electron chi connectivity index (χ2n) is 8.75. The van der Waals surface area contributed by atoms with Crippen LogP contribution in [-0.2, 0) is 0 Å². The summed E-state index contributed by atoms with van der Waals surface area (Å²) in [6.45, 7) is 1.66. The van der Waals surface area contributed by atoms with E-state index in [9.17, 15) is 23.2 Å². The van der Waals surface area contributed by atoms with E-state index < -0.39 is 23.6 Å². The lowest BCUT2D eigenvalue weighted by atomic mass is 10.1. The topological polar surface area (TPSA) is 190 Å². The van der Waals surface area contributed by atoms with Crippen molar-refractivity contribution in [3.63, 3.8) is 0 Å². The summed E-state index contributed by atoms with van der Waals surface area (Å²) in [7, 11) is 1.44. The minimum absolute atomic E-state index is 0.0370. The van der Waals surface area contributed by atoms with Crippen molar-refractivity contribution in [1.29, 1.82) is 0 Å². The van der Waals surface area contributed by atoms with Gasteiger partial charge in [0.1, 0.15) is 28.1 Å². The predicted octanol–water partition coefficient (Wildman–Crippen LogP) is 3.13. The molecule has 0 atom stereocenters. The van der Waals surface area contributed by atoms with E-state index in [0.29, 0.717) is 31.5 Å². The first-order valence-corrected chi connectivity index (χ1v) is 13.2. The number of nitrogens with two attached hydrogens (primary N) is 1. The summed E-state index contributed by atoms with van der Waals surface area (Å²) in [5.41, 5.74) is 5.60. The van der Waals surface area contributed by atoms with Crippen LogP contribution in [0.2, 0.25) is 0 Å². The summed E-state index contributed by atoms with van der Waals surface area (Å²) in [4.78, 5) is 46.4. The van der Waals surface area contributed by atoms with E-state index in [2.05, 4.69) is 36.4 Å². The number of aromatic nitrogens is 3. The molecule has 1 saturated heterocycles. The molecule has 42 heavy (non-hydrogen) atoms. The van der Waals surface area contributed by atoms with E-state index in [4.69, 9.17) is 15.0 Å². The highest BCUT2D eigenvalue weighted by Crippen LogP contribution is 2.35. The number of ether oxygens (including phenoxy) is 1. The van der Waals surface area contributed by atoms with E-state index in [1.807, 2.05) is 0 Å². The van der Waals surface area contributed by atoms with Gasteiger partial charge in [-0.2, -0.15) is 4.98 Å². The van der Waals surface area contributed by atoms with Gasteiger partial charge in [-0.25, -0.2) is 23.4 Å². The molecule has 1 fully saturated rings. The van der Waals surface area contributed by atoms with Gasteiger partial charge in [0.05, 0.1) is 18.4 Å². The Morgan fingerprint density at radius 1 is 1.19 bits per heavy atom. The predicted molar refractivity (Wildman–Crippen MR) is 148 cm³/mol. The molecule has 4 aromatic rings. The van der Waals surface area contributed by atoms with Crippen molar-refractivity contribution in [3.8, 4) is 27.9 Å². The molecule has 14 nitrogen and oxygen atoms in total. The van der Waals surface area contributed by atoms with Crippen molar-refractivity contribution in [2.45, 2.75) is 0 Å². The lowest BCUT2D eigenvalue weighted by molar-refractivity contribution is 0.102. The third kappa shape index (κ3) is 6.20. The third-order valence-corrected chi connectivity index (χ3v) is 6.96. The highest BCUT2D eigenvalue weighted by molar-refractivity contribution is 7.19. The molecule has 5 rings (SSSR count). The van der Waals surface area contributed by atoms with Gasteiger partial charge in [-0.1, -0.05) is 22.6 Å². The molecule has 17 heteroatoms. The fourth-order valence-electron chi connectivity index (χ4n) is 3.91. The molecule has 0 spiro atoms. The van der Waals surface area contributed by atoms with Gasteiger partial charge in [-0.3, -0.25) is 10.1 Å². The van der Waals surface area contributed by atoms with E-state index in [1.165, 1.54) is 19.2 Å². The quantitative estimate of drug-likeness (QED) is 0.192. The molecule has 0 unspecified atom stereocenters. The number of benzene rings is 2. The molecule has 2 aromatic heterocycles. The van der Waals surface area contributed by atoms with Crippen LogP contribution < -0.4 is 31.7 Å². The molecule has 2 aromatic carbocycles. The highest BCUT2D eigenvalue weighted by atomic mass is 32.1. The second-order valence-corrected chi connectivity index (χ2v) is 9.75. The number of thiazole rings is 1. The van der Waals surface area contributed by atoms with Gasteiger partial charge in [0.25, 0.3) is 11.8 Å². The van der Waals surface area contributed by atoms with Gasteiger partial charge in [0, 0.05) is 37.8 Å². The summed E-state index contributed by atoms with van der Waals surface area (Å²) < 4.78 is 39.6. The normalized spacial score (nSPS) is 12.6. The molecule has 3 heterocycles. The van der Waals surface area contributed by atoms with Gasteiger partial charge in [0.15, 0.2) is 5.13 Å². The third-order valence-electron chi connectivity index (χ3n) is 5.98. The Bertz CT molecular complexity index is 1660. The number of nitrogens with zero attached hydrogens (tertiary/aromatic N) is 4. The zero-order valence-electron chi connectivity index (χ0n) is 21.9. The first-order valence-electron chi connectivity index (χ1n) is 12.3. The van der Waals surface area contributed by atoms with Crippen LogP contribution in [0.3, 0.4) is 0 Å². The zero-order valence-corrected chi connectivity index (χ0v) is 22.7. The first-order chi connectivity index (χ1) is 20.2. The molecule has 0 radical (unpaired) electrons. The lowest BCUT2D eigenvalue weighted by Gasteiger charge is -2.14. The summed E-state index contributed by atoms with van der Waals surface area (Å²) in [6.07, 6.45) is 0. The number of methoxy groups -OCH3 is 1. The Hall–Kier alpha value is -5.32. The molecule has 1 aliphatic rings. The molecular weight excluding hydrogens is 576 g/mol. The Labute approximate surface area is 240 Å². The maximum absolute atomic E-state index is 14.7. The Kier molecular flexibility index (Phi) is 8.09. The number of carbonyl (C=O) groups is 3. The van der Waals surface area contributed by atoms with E-state index in [0.717, 1.165) is 17.4 Å². The minimum Gasteiger partial charge on any atom is -0.497 e. The molecular formula is C25H23F2N9O5S. The average Bonchev–Trinajstić information content (AvgIpc) is 3.70. The lowest BCUT2D eigenvalue weighted by Crippen LogP contribution is -2.38. The van der Waals surface area contributed by atoms with Crippen LogP contribution in [0.5, 0.6) is 5.75 Å². The number of carbonyl (C=O) groups excluding carboxylic acids is 3. The minimum atomic E-state index is -1.01. The van der Waals surface area contributed by atoms with Crippen molar-refractivity contribution >= 4 is 45.9 Å². The first kappa shape index (κ1) is 28.2. The van der Waals surface area contributed by atoms with Crippen LogP contribution in [0.15, 0.2) is 40.9 Å². The summed E-state index contributed by atoms with van der Waals surface area (Å²) >= 11 is 0.928. The number of anilines is 3. The van der Waals surface area contributed by atoms with Gasteiger partial charge in [-0.05, 0) is 24.3 Å². The zero-order chi connectivity index (χ0) is 29.8. The SMILES string of the molecule is COc1cccc(C(=O)Nc2cc(-c3noc(-c4sc(NC(=O)NCCN5CCNC5=O)nc4N)n3)c(F)cc2F)c1. The summed E-state index contributed by atoms with van der Waals surface area (Å²) in [5, 5.41) is 14.1. The maximum Gasteiger partial charge on any atom is 0.321 e. The molecule has 0 bridgehead atoms. The number of nitrogens with one attached hydrogen (secondary N) is 4. The van der Waals surface area contributed by atoms with Crippen molar-refractivity contribution in [2.75, 3.05) is 49.7 Å². The van der Waals surface area contributed by atoms with E-state index in [1.54, 1.807) is 17.0 Å². The Morgan fingerprint density at radius 3 is 2.79 bits per heavy atom. The molecule has 1 aliphatic heterocycles. The summed E-state index contributed by atoms with van der Waals surface area (Å²) in [6, 6.07) is 7.07. The smallest absolute Gasteiger partial charge is 0.321 e. The van der Waals surface area contributed by atoms with E-state index in [-0.39, 0.29) is 56.9 Å². The molecule has 218 valence electrons. The Morgan fingerprint density at radius 2 is 2.02 bits per heavy atom. The van der Waals surface area contributed by atoms with Gasteiger partial charge >= 0.3 is 12.1 Å². The fourth-order valence-corrected chi connectivity index (χ4v) is 4.71. The fraction of sp³-hybridized carbons (Fsp3) is 0.200. The number of halogens is 2. The van der Waals surface area contributed by atoms with Crippen molar-refractivity contribution in [1.82, 2.24) is 30.7 Å². The second kappa shape index (κ2) is 12.0.